The minimum atomic E-state index is -0.599. The van der Waals surface area contributed by atoms with E-state index in [2.05, 4.69) is 10.3 Å². The number of ether oxygens (including phenoxy) is 2. The number of amides is 2. The van der Waals surface area contributed by atoms with Crippen LogP contribution in [-0.4, -0.2) is 47.0 Å². The molecule has 2 heterocycles. The van der Waals surface area contributed by atoms with Crippen molar-refractivity contribution >= 4 is 34.4 Å². The minimum absolute atomic E-state index is 0.159. The molecule has 8 nitrogen and oxygen atoms in total. The molecule has 9 heteroatoms. The van der Waals surface area contributed by atoms with Crippen LogP contribution < -0.4 is 10.1 Å². The minimum Gasteiger partial charge on any atom is -0.462 e. The third-order valence-electron chi connectivity index (χ3n) is 7.05. The third kappa shape index (κ3) is 4.88. The molecular formula is C29H30FN3O5. The van der Waals surface area contributed by atoms with E-state index in [4.69, 9.17) is 9.47 Å². The van der Waals surface area contributed by atoms with E-state index in [0.29, 0.717) is 22.5 Å². The number of benzene rings is 2. The van der Waals surface area contributed by atoms with E-state index in [0.717, 1.165) is 30.2 Å². The first-order valence-corrected chi connectivity index (χ1v) is 12.8. The molecule has 0 bridgehead atoms. The summed E-state index contributed by atoms with van der Waals surface area (Å²) in [4.78, 5) is 43.6. The summed E-state index contributed by atoms with van der Waals surface area (Å²) >= 11 is 0. The Morgan fingerprint density at radius 3 is 2.53 bits per heavy atom. The number of aromatic nitrogens is 1. The van der Waals surface area contributed by atoms with E-state index < -0.39 is 23.3 Å². The number of carbonyl (C=O) groups is 3. The van der Waals surface area contributed by atoms with E-state index in [9.17, 15) is 18.8 Å². The Kier molecular flexibility index (Phi) is 6.69. The predicted molar refractivity (Wildman–Crippen MR) is 140 cm³/mol. The van der Waals surface area contributed by atoms with Crippen LogP contribution in [0.15, 0.2) is 48.7 Å². The second-order valence-electron chi connectivity index (χ2n) is 10.3. The summed E-state index contributed by atoms with van der Waals surface area (Å²) in [6, 6.07) is 10.8. The monoisotopic (exact) mass is 519 g/mol. The van der Waals surface area contributed by atoms with Crippen molar-refractivity contribution in [2.75, 3.05) is 13.2 Å². The lowest BCUT2D eigenvalue weighted by Crippen LogP contribution is -2.41. The van der Waals surface area contributed by atoms with Crippen LogP contribution in [-0.2, 0) is 14.9 Å². The Morgan fingerprint density at radius 2 is 1.87 bits per heavy atom. The number of fused-ring (bicyclic) bond motifs is 3. The first-order valence-electron chi connectivity index (χ1n) is 12.8. The van der Waals surface area contributed by atoms with Crippen molar-refractivity contribution in [2.24, 2.45) is 0 Å². The zero-order valence-electron chi connectivity index (χ0n) is 21.6. The van der Waals surface area contributed by atoms with Gasteiger partial charge in [-0.25, -0.2) is 14.0 Å². The second-order valence-corrected chi connectivity index (χ2v) is 10.3. The molecule has 3 aromatic rings. The smallest absolute Gasteiger partial charge is 0.412 e. The first-order chi connectivity index (χ1) is 18.2. The normalized spacial score (nSPS) is 16.6. The van der Waals surface area contributed by atoms with Crippen molar-refractivity contribution < 1.29 is 28.2 Å². The molecule has 1 aliphatic carbocycles. The van der Waals surface area contributed by atoms with Crippen LogP contribution in [0.2, 0.25) is 0 Å². The topological polar surface area (TPSA) is 101 Å². The highest BCUT2D eigenvalue weighted by Gasteiger charge is 2.37. The van der Waals surface area contributed by atoms with E-state index in [-0.39, 0.29) is 30.7 Å². The van der Waals surface area contributed by atoms with Crippen LogP contribution in [0.4, 0.5) is 9.18 Å². The van der Waals surface area contributed by atoms with E-state index >= 15 is 0 Å². The molecule has 0 spiro atoms. The highest BCUT2D eigenvalue weighted by atomic mass is 19.1. The zero-order chi connectivity index (χ0) is 27.0. The van der Waals surface area contributed by atoms with E-state index in [1.807, 2.05) is 19.9 Å². The standard InChI is InChI=1S/C29H30FN3O5/c1-4-37-27(35)22-15-33(26(34)17-8-10-18(30)11-9-17)16-29(2,3)24-21-13-12-20(14-23(21)32-25(22)24)38-28(36)31-19-6-5-7-19/h8-15,19,32H,4-7,16H2,1-3H3,(H,31,36). The Bertz CT molecular complexity index is 1440. The zero-order valence-corrected chi connectivity index (χ0v) is 21.6. The van der Waals surface area contributed by atoms with Crippen molar-refractivity contribution in [1.29, 1.82) is 0 Å². The summed E-state index contributed by atoms with van der Waals surface area (Å²) in [6.45, 7) is 6.11. The Balaban J connectivity index is 1.54. The summed E-state index contributed by atoms with van der Waals surface area (Å²) in [5.74, 6) is -1.00. The average molecular weight is 520 g/mol. The second kappa shape index (κ2) is 9.96. The molecule has 5 rings (SSSR count). The first kappa shape index (κ1) is 25.5. The van der Waals surface area contributed by atoms with Gasteiger partial charge in [-0.2, -0.15) is 0 Å². The maximum atomic E-state index is 13.5. The SMILES string of the molecule is CCOC(=O)C1=CN(C(=O)c2ccc(F)cc2)CC(C)(C)c2c1[nH]c1cc(OC(=O)NC3CCC3)ccc21. The van der Waals surface area contributed by atoms with Gasteiger partial charge in [0.1, 0.15) is 11.6 Å². The van der Waals surface area contributed by atoms with E-state index in [1.54, 1.807) is 19.1 Å². The summed E-state index contributed by atoms with van der Waals surface area (Å²) in [6.07, 6.45) is 4.01. The lowest BCUT2D eigenvalue weighted by molar-refractivity contribution is -0.136. The van der Waals surface area contributed by atoms with Crippen LogP contribution >= 0.6 is 0 Å². The van der Waals surface area contributed by atoms with Gasteiger partial charge in [-0.3, -0.25) is 4.79 Å². The van der Waals surface area contributed by atoms with Crippen LogP contribution in [0.5, 0.6) is 5.75 Å². The number of aromatic amines is 1. The molecule has 38 heavy (non-hydrogen) atoms. The fraction of sp³-hybridized carbons (Fsp3) is 0.345. The van der Waals surface area contributed by atoms with Gasteiger partial charge in [-0.15, -0.1) is 0 Å². The van der Waals surface area contributed by atoms with Gasteiger partial charge in [0.25, 0.3) is 5.91 Å². The molecule has 1 aromatic heterocycles. The third-order valence-corrected chi connectivity index (χ3v) is 7.05. The average Bonchev–Trinajstić information content (AvgIpc) is 3.18. The molecule has 2 amide bonds. The molecule has 1 fully saturated rings. The van der Waals surface area contributed by atoms with Crippen LogP contribution in [0, 0.1) is 5.82 Å². The fourth-order valence-corrected chi connectivity index (χ4v) is 5.02. The molecule has 2 N–H and O–H groups in total. The van der Waals surface area contributed by atoms with Crippen molar-refractivity contribution in [1.82, 2.24) is 15.2 Å². The molecule has 0 saturated heterocycles. The number of rotatable bonds is 5. The van der Waals surface area contributed by atoms with Crippen molar-refractivity contribution in [2.45, 2.75) is 51.5 Å². The number of esters is 1. The number of hydrogen-bond acceptors (Lipinski definition) is 5. The maximum absolute atomic E-state index is 13.5. The Labute approximate surface area is 219 Å². The summed E-state index contributed by atoms with van der Waals surface area (Å²) in [5.41, 5.74) is 1.97. The highest BCUT2D eigenvalue weighted by molar-refractivity contribution is 6.18. The predicted octanol–water partition coefficient (Wildman–Crippen LogP) is 5.29. The van der Waals surface area contributed by atoms with Gasteiger partial charge < -0.3 is 24.7 Å². The molecule has 2 aliphatic rings. The molecule has 198 valence electrons. The summed E-state index contributed by atoms with van der Waals surface area (Å²) in [7, 11) is 0. The van der Waals surface area contributed by atoms with Crippen molar-refractivity contribution in [3.05, 3.63) is 71.3 Å². The number of nitrogens with one attached hydrogen (secondary N) is 2. The lowest BCUT2D eigenvalue weighted by Gasteiger charge is -2.29. The molecular weight excluding hydrogens is 489 g/mol. The summed E-state index contributed by atoms with van der Waals surface area (Å²) < 4.78 is 24.3. The van der Waals surface area contributed by atoms with Gasteiger partial charge in [0.15, 0.2) is 0 Å². The largest absolute Gasteiger partial charge is 0.462 e. The molecule has 1 saturated carbocycles. The number of H-pyrrole nitrogens is 1. The van der Waals surface area contributed by atoms with Gasteiger partial charge >= 0.3 is 12.1 Å². The van der Waals surface area contributed by atoms with Gasteiger partial charge in [0.05, 0.1) is 17.9 Å². The van der Waals surface area contributed by atoms with Gasteiger partial charge in [-0.1, -0.05) is 13.8 Å². The lowest BCUT2D eigenvalue weighted by atomic mass is 9.81. The fourth-order valence-electron chi connectivity index (χ4n) is 5.02. The highest BCUT2D eigenvalue weighted by Crippen LogP contribution is 2.41. The quantitative estimate of drug-likeness (QED) is 0.447. The van der Waals surface area contributed by atoms with Crippen molar-refractivity contribution in [3.63, 3.8) is 0 Å². The molecule has 0 radical (unpaired) electrons. The van der Waals surface area contributed by atoms with E-state index in [1.165, 1.54) is 35.4 Å². The number of nitrogens with zero attached hydrogens (tertiary/aromatic N) is 1. The van der Waals surface area contributed by atoms with Gasteiger partial charge in [-0.05, 0) is 68.1 Å². The molecule has 0 unspecified atom stereocenters. The van der Waals surface area contributed by atoms with Crippen LogP contribution in [0.1, 0.15) is 61.6 Å². The molecule has 2 aromatic carbocycles. The van der Waals surface area contributed by atoms with Crippen LogP contribution in [0.3, 0.4) is 0 Å². The van der Waals surface area contributed by atoms with Gasteiger partial charge in [0.2, 0.25) is 0 Å². The van der Waals surface area contributed by atoms with Crippen LogP contribution in [0.25, 0.3) is 16.5 Å². The Morgan fingerprint density at radius 1 is 1.13 bits per heavy atom. The maximum Gasteiger partial charge on any atom is 0.412 e. The van der Waals surface area contributed by atoms with Crippen molar-refractivity contribution in [3.8, 4) is 5.75 Å². The molecule has 0 atom stereocenters. The molecule has 1 aliphatic heterocycles. The number of carbonyl (C=O) groups excluding carboxylic acids is 3. The van der Waals surface area contributed by atoms with Gasteiger partial charge in [0, 0.05) is 46.7 Å². The summed E-state index contributed by atoms with van der Waals surface area (Å²) in [5, 5.41) is 3.69. The number of halogens is 1. The Hall–Kier alpha value is -4.14. The number of hydrogen-bond donors (Lipinski definition) is 2.